The number of anilines is 2. The lowest BCUT2D eigenvalue weighted by atomic mass is 10.1. The number of hydrogen-bond donors (Lipinski definition) is 1. The molecule has 90 valence electrons. The van der Waals surface area contributed by atoms with Gasteiger partial charge in [0.25, 0.3) is 0 Å². The van der Waals surface area contributed by atoms with Gasteiger partial charge in [0.05, 0.1) is 16.6 Å². The number of carbonyl (C=O) groups is 1. The number of nitrogens with zero attached hydrogens (tertiary/aromatic N) is 1. The Balaban J connectivity index is 1.99. The van der Waals surface area contributed by atoms with E-state index in [2.05, 4.69) is 0 Å². The van der Waals surface area contributed by atoms with Gasteiger partial charge in [-0.3, -0.25) is 4.79 Å². The second-order valence-corrected chi connectivity index (χ2v) is 6.86. The fourth-order valence-corrected chi connectivity index (χ4v) is 4.29. The van der Waals surface area contributed by atoms with Crippen LogP contribution in [0, 0.1) is 0 Å². The fraction of sp³-hybridized carbons (Fsp3) is 0.364. The van der Waals surface area contributed by atoms with Gasteiger partial charge in [0, 0.05) is 6.54 Å². The van der Waals surface area contributed by atoms with Crippen molar-refractivity contribution in [1.29, 1.82) is 0 Å². The van der Waals surface area contributed by atoms with Crippen LogP contribution in [0.2, 0.25) is 0 Å². The van der Waals surface area contributed by atoms with Gasteiger partial charge in [0.2, 0.25) is 5.91 Å². The molecule has 3 aliphatic rings. The highest BCUT2D eigenvalue weighted by Gasteiger charge is 2.57. The van der Waals surface area contributed by atoms with E-state index in [9.17, 15) is 13.2 Å². The number of para-hydroxylation sites is 2. The maximum Gasteiger partial charge on any atom is 0.245 e. The molecule has 1 aromatic carbocycles. The van der Waals surface area contributed by atoms with E-state index in [1.807, 2.05) is 0 Å². The van der Waals surface area contributed by atoms with Gasteiger partial charge >= 0.3 is 0 Å². The zero-order valence-electron chi connectivity index (χ0n) is 9.04. The van der Waals surface area contributed by atoms with E-state index < -0.39 is 20.3 Å². The minimum atomic E-state index is -3.20. The third-order valence-corrected chi connectivity index (χ3v) is 5.95. The average Bonchev–Trinajstić information content (AvgIpc) is 2.29. The Bertz CT molecular complexity index is 596. The molecule has 0 spiro atoms. The number of rotatable bonds is 1. The maximum atomic E-state index is 12.0. The summed E-state index contributed by atoms with van der Waals surface area (Å²) in [6.45, 7) is 0.228. The highest BCUT2D eigenvalue weighted by Crippen LogP contribution is 2.39. The average molecular weight is 252 g/mol. The molecular formula is C11H12N2O3S. The molecule has 0 aromatic heterocycles. The van der Waals surface area contributed by atoms with Gasteiger partial charge in [-0.25, -0.2) is 8.42 Å². The van der Waals surface area contributed by atoms with Crippen molar-refractivity contribution in [2.45, 2.75) is 16.9 Å². The lowest BCUT2D eigenvalue weighted by Gasteiger charge is -2.45. The second kappa shape index (κ2) is 3.22. The summed E-state index contributed by atoms with van der Waals surface area (Å²) in [5.74, 6) is -0.342. The molecule has 3 heterocycles. The number of fused-ring (bicyclic) bond motifs is 2. The molecule has 2 atom stereocenters. The minimum absolute atomic E-state index is 0.228. The Morgan fingerprint density at radius 3 is 2.59 bits per heavy atom. The molecular weight excluding hydrogens is 240 g/mol. The van der Waals surface area contributed by atoms with Crippen LogP contribution in [0.25, 0.3) is 0 Å². The molecule has 2 unspecified atom stereocenters. The van der Waals surface area contributed by atoms with E-state index in [0.29, 0.717) is 17.8 Å². The predicted molar refractivity (Wildman–Crippen MR) is 64.3 cm³/mol. The summed E-state index contributed by atoms with van der Waals surface area (Å²) in [7, 11) is -3.20. The molecule has 3 saturated heterocycles. The molecule has 3 aliphatic heterocycles. The molecule has 0 radical (unpaired) electrons. The Labute approximate surface area is 99.1 Å². The van der Waals surface area contributed by atoms with E-state index in [1.165, 1.54) is 4.90 Å². The van der Waals surface area contributed by atoms with E-state index in [-0.39, 0.29) is 12.5 Å². The Morgan fingerprint density at radius 2 is 2.00 bits per heavy atom. The van der Waals surface area contributed by atoms with Crippen molar-refractivity contribution in [1.82, 2.24) is 0 Å². The monoisotopic (exact) mass is 252 g/mol. The number of hydrogen-bond acceptors (Lipinski definition) is 4. The SMILES string of the molecule is Nc1ccccc1N1CC2CC(C1=O)S2(=O)=O. The lowest BCUT2D eigenvalue weighted by Crippen LogP contribution is -2.65. The first kappa shape index (κ1) is 10.6. The van der Waals surface area contributed by atoms with E-state index >= 15 is 0 Å². The maximum absolute atomic E-state index is 12.0. The van der Waals surface area contributed by atoms with Gasteiger partial charge in [0.15, 0.2) is 9.84 Å². The van der Waals surface area contributed by atoms with Crippen molar-refractivity contribution >= 4 is 27.1 Å². The predicted octanol–water partition coefficient (Wildman–Crippen LogP) is 0.171. The number of benzene rings is 1. The van der Waals surface area contributed by atoms with Crippen LogP contribution in [0.1, 0.15) is 6.42 Å². The van der Waals surface area contributed by atoms with Crippen LogP contribution in [0.5, 0.6) is 0 Å². The third kappa shape index (κ3) is 1.30. The molecule has 6 heteroatoms. The lowest BCUT2D eigenvalue weighted by molar-refractivity contribution is -0.119. The molecule has 5 nitrogen and oxygen atoms in total. The van der Waals surface area contributed by atoms with Gasteiger partial charge < -0.3 is 10.6 Å². The van der Waals surface area contributed by atoms with Crippen molar-refractivity contribution in [2.24, 2.45) is 0 Å². The number of nitrogens with two attached hydrogens (primary N) is 1. The first-order chi connectivity index (χ1) is 8.01. The van der Waals surface area contributed by atoms with Gasteiger partial charge in [0.1, 0.15) is 5.25 Å². The van der Waals surface area contributed by atoms with Crippen LogP contribution in [0.3, 0.4) is 0 Å². The number of piperidine rings is 1. The van der Waals surface area contributed by atoms with Crippen molar-refractivity contribution in [2.75, 3.05) is 17.2 Å². The number of carbonyl (C=O) groups excluding carboxylic acids is 1. The minimum Gasteiger partial charge on any atom is -0.397 e. The van der Waals surface area contributed by atoms with Crippen molar-refractivity contribution < 1.29 is 13.2 Å². The van der Waals surface area contributed by atoms with Gasteiger partial charge in [-0.1, -0.05) is 12.1 Å². The van der Waals surface area contributed by atoms with Crippen molar-refractivity contribution in [3.63, 3.8) is 0 Å². The molecule has 2 N–H and O–H groups in total. The van der Waals surface area contributed by atoms with Crippen LogP contribution >= 0.6 is 0 Å². The summed E-state index contributed by atoms with van der Waals surface area (Å²) in [6.07, 6.45) is 0.463. The first-order valence-electron chi connectivity index (χ1n) is 5.40. The van der Waals surface area contributed by atoms with Gasteiger partial charge in [-0.2, -0.15) is 0 Å². The fourth-order valence-electron chi connectivity index (χ4n) is 2.45. The summed E-state index contributed by atoms with van der Waals surface area (Å²) >= 11 is 0. The molecule has 4 rings (SSSR count). The summed E-state index contributed by atoms with van der Waals surface area (Å²) in [4.78, 5) is 13.5. The van der Waals surface area contributed by atoms with E-state index in [1.54, 1.807) is 24.3 Å². The molecule has 3 fully saturated rings. The smallest absolute Gasteiger partial charge is 0.245 e. The topological polar surface area (TPSA) is 80.5 Å². The number of nitrogen functional groups attached to an aromatic ring is 1. The highest BCUT2D eigenvalue weighted by molar-refractivity contribution is 7.95. The largest absolute Gasteiger partial charge is 0.397 e. The molecule has 17 heavy (non-hydrogen) atoms. The molecule has 1 amide bonds. The highest BCUT2D eigenvalue weighted by atomic mass is 32.2. The van der Waals surface area contributed by atoms with Crippen LogP contribution < -0.4 is 10.6 Å². The Morgan fingerprint density at radius 1 is 1.29 bits per heavy atom. The molecule has 1 aromatic rings. The summed E-state index contributed by atoms with van der Waals surface area (Å²) < 4.78 is 23.2. The summed E-state index contributed by atoms with van der Waals surface area (Å²) in [5.41, 5.74) is 6.91. The van der Waals surface area contributed by atoms with Crippen LogP contribution in [-0.2, 0) is 14.6 Å². The number of sulfone groups is 1. The molecule has 0 saturated carbocycles. The molecule has 0 aliphatic carbocycles. The van der Waals surface area contributed by atoms with Crippen LogP contribution in [0.4, 0.5) is 11.4 Å². The first-order valence-corrected chi connectivity index (χ1v) is 7.01. The van der Waals surface area contributed by atoms with E-state index in [0.717, 1.165) is 0 Å². The van der Waals surface area contributed by atoms with Crippen molar-refractivity contribution in [3.8, 4) is 0 Å². The third-order valence-electron chi connectivity index (χ3n) is 3.49. The van der Waals surface area contributed by atoms with Gasteiger partial charge in [-0.15, -0.1) is 0 Å². The van der Waals surface area contributed by atoms with Crippen LogP contribution in [0.15, 0.2) is 24.3 Å². The zero-order chi connectivity index (χ0) is 12.2. The molecule has 2 bridgehead atoms. The van der Waals surface area contributed by atoms with Crippen LogP contribution in [-0.4, -0.2) is 31.4 Å². The Hall–Kier alpha value is -1.56. The quantitative estimate of drug-likeness (QED) is 0.722. The Kier molecular flexibility index (Phi) is 2.01. The number of amides is 1. The summed E-state index contributed by atoms with van der Waals surface area (Å²) in [6, 6.07) is 7.01. The van der Waals surface area contributed by atoms with Crippen molar-refractivity contribution in [3.05, 3.63) is 24.3 Å². The second-order valence-electron chi connectivity index (χ2n) is 4.44. The zero-order valence-corrected chi connectivity index (χ0v) is 9.85. The van der Waals surface area contributed by atoms with Gasteiger partial charge in [-0.05, 0) is 18.6 Å². The summed E-state index contributed by atoms with van der Waals surface area (Å²) in [5, 5.41) is -1.26. The van der Waals surface area contributed by atoms with E-state index in [4.69, 9.17) is 5.73 Å². The standard InChI is InChI=1S/C11H12N2O3S/c12-8-3-1-2-4-9(8)13-6-7-5-10(11(13)14)17(7,15)16/h1-4,7,10H,5-6,12H2. The normalized spacial score (nSPS) is 29.9.